The Bertz CT molecular complexity index is 2050. The summed E-state index contributed by atoms with van der Waals surface area (Å²) in [6.45, 7) is 2.61. The number of nitrogens with zero attached hydrogens (tertiary/aromatic N) is 1. The molecule has 1 fully saturated rings. The van der Waals surface area contributed by atoms with E-state index in [-0.39, 0.29) is 17.9 Å². The van der Waals surface area contributed by atoms with Crippen LogP contribution >= 0.6 is 39.1 Å². The molecule has 0 aliphatic carbocycles. The number of carbonyl (C=O) groups excluding carboxylic acids is 3. The first kappa shape index (κ1) is 31.4. The molecule has 7 nitrogen and oxygen atoms in total. The highest BCUT2D eigenvalue weighted by Crippen LogP contribution is 2.31. The number of aryl methyl sites for hydroxylation is 1. The molecule has 1 aliphatic rings. The number of ether oxygens (including phenoxy) is 2. The van der Waals surface area contributed by atoms with Crippen molar-refractivity contribution in [3.05, 3.63) is 139 Å². The third-order valence-corrected chi connectivity index (χ3v) is 8.73. The van der Waals surface area contributed by atoms with Gasteiger partial charge in [-0.15, -0.1) is 0 Å². The molecule has 0 unspecified atom stereocenters. The Morgan fingerprint density at radius 3 is 2.39 bits per heavy atom. The molecule has 0 bridgehead atoms. The normalized spacial score (nSPS) is 14.1. The molecule has 5 aromatic rings. The molecule has 1 N–H and O–H groups in total. The number of anilines is 1. The van der Waals surface area contributed by atoms with Crippen LogP contribution in [0.1, 0.15) is 22.3 Å². The predicted molar refractivity (Wildman–Crippen MR) is 183 cm³/mol. The van der Waals surface area contributed by atoms with E-state index in [2.05, 4.69) is 52.4 Å². The van der Waals surface area contributed by atoms with Gasteiger partial charge < -0.3 is 9.47 Å². The first-order chi connectivity index (χ1) is 22.2. The molecule has 0 radical (unpaired) electrons. The average molecular weight is 716 g/mol. The van der Waals surface area contributed by atoms with E-state index >= 15 is 0 Å². The number of hydrogen-bond acceptors (Lipinski definition) is 5. The van der Waals surface area contributed by atoms with Crippen LogP contribution in [0.25, 0.3) is 16.8 Å². The van der Waals surface area contributed by atoms with Crippen molar-refractivity contribution in [2.45, 2.75) is 20.1 Å². The van der Waals surface area contributed by atoms with Crippen LogP contribution in [0.3, 0.4) is 0 Å². The minimum Gasteiger partial charge on any atom is -0.489 e. The number of halogens is 3. The standard InChI is InChI=1S/C36H25BrCl2N2O5/c1-21-6-8-23-4-2-3-5-28(23)30(21)20-46-33-15-7-22(17-31(33)37)16-29-34(42)40-36(44)41(35(29)43)26-11-13-27(14-12-26)45-19-24-9-10-25(38)18-32(24)39/h2-18H,19-20H2,1H3,(H,40,42,44)/b29-16+. The molecule has 5 aromatic carbocycles. The minimum absolute atomic E-state index is 0.191. The molecule has 6 rings (SSSR count). The van der Waals surface area contributed by atoms with Gasteiger partial charge in [0.2, 0.25) is 0 Å². The van der Waals surface area contributed by atoms with Gasteiger partial charge in [-0.25, -0.2) is 9.69 Å². The Balaban J connectivity index is 1.16. The van der Waals surface area contributed by atoms with Gasteiger partial charge in [0.15, 0.2) is 0 Å². The van der Waals surface area contributed by atoms with Gasteiger partial charge in [0.05, 0.1) is 10.2 Å². The van der Waals surface area contributed by atoms with Gasteiger partial charge >= 0.3 is 6.03 Å². The Morgan fingerprint density at radius 2 is 1.63 bits per heavy atom. The third kappa shape index (κ3) is 6.65. The fourth-order valence-corrected chi connectivity index (χ4v) is 6.03. The number of hydrogen-bond donors (Lipinski definition) is 1. The monoisotopic (exact) mass is 714 g/mol. The Morgan fingerprint density at radius 1 is 0.848 bits per heavy atom. The topological polar surface area (TPSA) is 84.9 Å². The van der Waals surface area contributed by atoms with Crippen LogP contribution in [0.4, 0.5) is 10.5 Å². The average Bonchev–Trinajstić information content (AvgIpc) is 3.03. The van der Waals surface area contributed by atoms with Crippen LogP contribution < -0.4 is 19.7 Å². The Kier molecular flexibility index (Phi) is 9.12. The van der Waals surface area contributed by atoms with Crippen molar-refractivity contribution in [3.63, 3.8) is 0 Å². The summed E-state index contributed by atoms with van der Waals surface area (Å²) in [5, 5.41) is 5.52. The lowest BCUT2D eigenvalue weighted by molar-refractivity contribution is -0.122. The summed E-state index contributed by atoms with van der Waals surface area (Å²) in [5.41, 5.74) is 3.62. The second-order valence-corrected chi connectivity index (χ2v) is 12.2. The van der Waals surface area contributed by atoms with E-state index in [0.717, 1.165) is 32.4 Å². The Labute approximate surface area is 283 Å². The number of nitrogens with one attached hydrogen (secondary N) is 1. The number of imide groups is 2. The van der Waals surface area contributed by atoms with Gasteiger partial charge in [0, 0.05) is 21.2 Å². The van der Waals surface area contributed by atoms with E-state index in [1.807, 2.05) is 12.1 Å². The molecule has 10 heteroatoms. The fourth-order valence-electron chi connectivity index (χ4n) is 5.06. The van der Waals surface area contributed by atoms with Gasteiger partial charge in [-0.1, -0.05) is 71.7 Å². The number of urea groups is 1. The summed E-state index contributed by atoms with van der Waals surface area (Å²) in [6.07, 6.45) is 1.44. The number of fused-ring (bicyclic) bond motifs is 1. The number of carbonyl (C=O) groups is 3. The zero-order chi connectivity index (χ0) is 32.4. The molecule has 4 amide bonds. The third-order valence-electron chi connectivity index (χ3n) is 7.52. The van der Waals surface area contributed by atoms with E-state index in [1.165, 1.54) is 6.08 Å². The van der Waals surface area contributed by atoms with Gasteiger partial charge in [-0.2, -0.15) is 0 Å². The highest BCUT2D eigenvalue weighted by atomic mass is 79.9. The SMILES string of the molecule is Cc1ccc2ccccc2c1COc1ccc(/C=C2\C(=O)NC(=O)N(c3ccc(OCc4ccc(Cl)cc4Cl)cc3)C2=O)cc1Br. The van der Waals surface area contributed by atoms with E-state index in [4.69, 9.17) is 32.7 Å². The molecular formula is C36H25BrCl2N2O5. The van der Waals surface area contributed by atoms with E-state index < -0.39 is 17.8 Å². The molecule has 46 heavy (non-hydrogen) atoms. The molecule has 0 aromatic heterocycles. The molecular weight excluding hydrogens is 691 g/mol. The van der Waals surface area contributed by atoms with Crippen LogP contribution in [-0.2, 0) is 22.8 Å². The quantitative estimate of drug-likeness (QED) is 0.128. The van der Waals surface area contributed by atoms with Crippen LogP contribution in [0.15, 0.2) is 107 Å². The lowest BCUT2D eigenvalue weighted by atomic mass is 10.0. The summed E-state index contributed by atoms with van der Waals surface area (Å²) in [4.78, 5) is 39.8. The van der Waals surface area contributed by atoms with Crippen molar-refractivity contribution in [3.8, 4) is 11.5 Å². The Hall–Kier alpha value is -4.63. The maximum Gasteiger partial charge on any atom is 0.335 e. The van der Waals surface area contributed by atoms with Crippen molar-refractivity contribution < 1.29 is 23.9 Å². The lowest BCUT2D eigenvalue weighted by Crippen LogP contribution is -2.54. The molecule has 1 aliphatic heterocycles. The second kappa shape index (κ2) is 13.4. The zero-order valence-corrected chi connectivity index (χ0v) is 27.4. The largest absolute Gasteiger partial charge is 0.489 e. The number of amides is 4. The van der Waals surface area contributed by atoms with Gasteiger partial charge in [-0.3, -0.25) is 14.9 Å². The van der Waals surface area contributed by atoms with Crippen molar-refractivity contribution >= 4 is 79.5 Å². The molecule has 0 saturated carbocycles. The first-order valence-electron chi connectivity index (χ1n) is 14.2. The van der Waals surface area contributed by atoms with E-state index in [9.17, 15) is 14.4 Å². The highest BCUT2D eigenvalue weighted by molar-refractivity contribution is 9.10. The van der Waals surface area contributed by atoms with Crippen molar-refractivity contribution in [2.75, 3.05) is 4.90 Å². The van der Waals surface area contributed by atoms with E-state index in [0.29, 0.717) is 38.2 Å². The smallest absolute Gasteiger partial charge is 0.335 e. The summed E-state index contributed by atoms with van der Waals surface area (Å²) in [5.74, 6) is -0.437. The number of rotatable bonds is 8. The van der Waals surface area contributed by atoms with Crippen molar-refractivity contribution in [1.82, 2.24) is 5.32 Å². The molecule has 0 atom stereocenters. The molecule has 0 spiro atoms. The predicted octanol–water partition coefficient (Wildman–Crippen LogP) is 9.04. The summed E-state index contributed by atoms with van der Waals surface area (Å²) < 4.78 is 12.6. The lowest BCUT2D eigenvalue weighted by Gasteiger charge is -2.26. The van der Waals surface area contributed by atoms with Gasteiger partial charge in [0.25, 0.3) is 11.8 Å². The van der Waals surface area contributed by atoms with Crippen LogP contribution in [0.5, 0.6) is 11.5 Å². The first-order valence-corrected chi connectivity index (χ1v) is 15.7. The molecule has 230 valence electrons. The van der Waals surface area contributed by atoms with Crippen LogP contribution in [0, 0.1) is 6.92 Å². The maximum atomic E-state index is 13.4. The number of benzene rings is 5. The second-order valence-electron chi connectivity index (χ2n) is 10.5. The minimum atomic E-state index is -0.845. The zero-order valence-electron chi connectivity index (χ0n) is 24.4. The maximum absolute atomic E-state index is 13.4. The highest BCUT2D eigenvalue weighted by Gasteiger charge is 2.36. The fraction of sp³-hybridized carbons (Fsp3) is 0.0833. The summed E-state index contributed by atoms with van der Waals surface area (Å²) >= 11 is 15.7. The summed E-state index contributed by atoms with van der Waals surface area (Å²) in [7, 11) is 0. The molecule has 1 heterocycles. The van der Waals surface area contributed by atoms with Crippen LogP contribution in [0.2, 0.25) is 10.0 Å². The van der Waals surface area contributed by atoms with E-state index in [1.54, 1.807) is 60.7 Å². The van der Waals surface area contributed by atoms with Crippen LogP contribution in [-0.4, -0.2) is 17.8 Å². The number of barbiturate groups is 1. The van der Waals surface area contributed by atoms with Gasteiger partial charge in [0.1, 0.15) is 30.3 Å². The summed E-state index contributed by atoms with van der Waals surface area (Å²) in [6, 6.07) is 28.2. The van der Waals surface area contributed by atoms with Crippen molar-refractivity contribution in [1.29, 1.82) is 0 Å². The van der Waals surface area contributed by atoms with Crippen molar-refractivity contribution in [2.24, 2.45) is 0 Å². The van der Waals surface area contributed by atoms with Gasteiger partial charge in [-0.05, 0) is 99.4 Å². The molecule has 1 saturated heterocycles.